The minimum Gasteiger partial charge on any atom is -0.385 e. The molecule has 0 N–H and O–H groups in total. The SMILES string of the molecule is COCCCCN1CCC(c2ccccc2)CCC1=O. The van der Waals surface area contributed by atoms with Gasteiger partial charge in [0.1, 0.15) is 0 Å². The molecule has 20 heavy (non-hydrogen) atoms. The molecule has 1 amide bonds. The van der Waals surface area contributed by atoms with Crippen LogP contribution in [-0.4, -0.2) is 37.6 Å². The fraction of sp³-hybridized carbons (Fsp3) is 0.588. The van der Waals surface area contributed by atoms with Gasteiger partial charge in [-0.05, 0) is 37.2 Å². The number of methoxy groups -OCH3 is 1. The Hall–Kier alpha value is -1.35. The van der Waals surface area contributed by atoms with E-state index in [-0.39, 0.29) is 0 Å². The van der Waals surface area contributed by atoms with Crippen LogP contribution in [0, 0.1) is 0 Å². The van der Waals surface area contributed by atoms with Crippen molar-refractivity contribution in [3.05, 3.63) is 35.9 Å². The zero-order chi connectivity index (χ0) is 14.2. The molecule has 1 aromatic carbocycles. The summed E-state index contributed by atoms with van der Waals surface area (Å²) in [6, 6.07) is 10.6. The Kier molecular flexibility index (Phi) is 6.06. The highest BCUT2D eigenvalue weighted by molar-refractivity contribution is 5.76. The first kappa shape index (κ1) is 15.0. The molecule has 0 aliphatic carbocycles. The quantitative estimate of drug-likeness (QED) is 0.746. The van der Waals surface area contributed by atoms with Crippen LogP contribution in [-0.2, 0) is 9.53 Å². The highest BCUT2D eigenvalue weighted by atomic mass is 16.5. The lowest BCUT2D eigenvalue weighted by Crippen LogP contribution is -2.31. The number of benzene rings is 1. The molecule has 0 saturated carbocycles. The third-order valence-electron chi connectivity index (χ3n) is 4.10. The molecule has 1 atom stereocenters. The van der Waals surface area contributed by atoms with Gasteiger partial charge in [0.25, 0.3) is 0 Å². The maximum Gasteiger partial charge on any atom is 0.222 e. The Morgan fingerprint density at radius 1 is 1.20 bits per heavy atom. The second kappa shape index (κ2) is 8.05. The maximum atomic E-state index is 12.1. The molecule has 1 unspecified atom stereocenters. The topological polar surface area (TPSA) is 29.5 Å². The third kappa shape index (κ3) is 4.34. The highest BCUT2D eigenvalue weighted by Crippen LogP contribution is 2.28. The predicted molar refractivity (Wildman–Crippen MR) is 80.7 cm³/mol. The van der Waals surface area contributed by atoms with E-state index in [0.29, 0.717) is 18.2 Å². The molecule has 1 saturated heterocycles. The minimum absolute atomic E-state index is 0.320. The highest BCUT2D eigenvalue weighted by Gasteiger charge is 2.22. The van der Waals surface area contributed by atoms with Crippen LogP contribution in [0.5, 0.6) is 0 Å². The van der Waals surface area contributed by atoms with Crippen LogP contribution in [0.2, 0.25) is 0 Å². The number of hydrogen-bond donors (Lipinski definition) is 0. The summed E-state index contributed by atoms with van der Waals surface area (Å²) in [7, 11) is 1.72. The van der Waals surface area contributed by atoms with Gasteiger partial charge in [-0.3, -0.25) is 4.79 Å². The van der Waals surface area contributed by atoms with Crippen LogP contribution >= 0.6 is 0 Å². The summed E-state index contributed by atoms with van der Waals surface area (Å²) in [5, 5.41) is 0. The van der Waals surface area contributed by atoms with Crippen molar-refractivity contribution in [2.75, 3.05) is 26.8 Å². The number of hydrogen-bond acceptors (Lipinski definition) is 2. The first-order chi connectivity index (χ1) is 9.81. The summed E-state index contributed by atoms with van der Waals surface area (Å²) in [5.41, 5.74) is 1.38. The molecular weight excluding hydrogens is 250 g/mol. The van der Waals surface area contributed by atoms with E-state index in [9.17, 15) is 4.79 Å². The van der Waals surface area contributed by atoms with Gasteiger partial charge in [-0.1, -0.05) is 30.3 Å². The minimum atomic E-state index is 0.320. The Labute approximate surface area is 121 Å². The van der Waals surface area contributed by atoms with E-state index in [1.807, 2.05) is 11.0 Å². The zero-order valence-corrected chi connectivity index (χ0v) is 12.4. The summed E-state index contributed by atoms with van der Waals surface area (Å²) < 4.78 is 5.05. The molecule has 2 rings (SSSR count). The average molecular weight is 275 g/mol. The van der Waals surface area contributed by atoms with Crippen LogP contribution in [0.4, 0.5) is 0 Å². The molecule has 1 aliphatic rings. The molecule has 3 heteroatoms. The number of nitrogens with zero attached hydrogens (tertiary/aromatic N) is 1. The smallest absolute Gasteiger partial charge is 0.222 e. The van der Waals surface area contributed by atoms with Gasteiger partial charge in [0.05, 0.1) is 0 Å². The molecule has 3 nitrogen and oxygen atoms in total. The van der Waals surface area contributed by atoms with Gasteiger partial charge < -0.3 is 9.64 Å². The summed E-state index contributed by atoms with van der Waals surface area (Å²) in [6.07, 6.45) is 4.82. The van der Waals surface area contributed by atoms with E-state index in [0.717, 1.165) is 45.4 Å². The lowest BCUT2D eigenvalue weighted by Gasteiger charge is -2.20. The van der Waals surface area contributed by atoms with Crippen molar-refractivity contribution in [2.24, 2.45) is 0 Å². The first-order valence-electron chi connectivity index (χ1n) is 7.63. The van der Waals surface area contributed by atoms with Gasteiger partial charge in [0, 0.05) is 33.2 Å². The Morgan fingerprint density at radius 3 is 2.75 bits per heavy atom. The number of carbonyl (C=O) groups excluding carboxylic acids is 1. The van der Waals surface area contributed by atoms with Gasteiger partial charge >= 0.3 is 0 Å². The molecule has 0 spiro atoms. The van der Waals surface area contributed by atoms with Crippen molar-refractivity contribution in [2.45, 2.75) is 38.0 Å². The van der Waals surface area contributed by atoms with Crippen molar-refractivity contribution < 1.29 is 9.53 Å². The predicted octanol–water partition coefficient (Wildman–Crippen LogP) is 3.21. The lowest BCUT2D eigenvalue weighted by atomic mass is 9.92. The molecule has 0 bridgehead atoms. The van der Waals surface area contributed by atoms with Crippen LogP contribution < -0.4 is 0 Å². The lowest BCUT2D eigenvalue weighted by molar-refractivity contribution is -0.130. The fourth-order valence-corrected chi connectivity index (χ4v) is 2.88. The number of amides is 1. The van der Waals surface area contributed by atoms with E-state index in [2.05, 4.69) is 24.3 Å². The molecule has 110 valence electrons. The van der Waals surface area contributed by atoms with Gasteiger partial charge in [0.15, 0.2) is 0 Å². The third-order valence-corrected chi connectivity index (χ3v) is 4.10. The maximum absolute atomic E-state index is 12.1. The average Bonchev–Trinajstić information content (AvgIpc) is 2.67. The number of ether oxygens (including phenoxy) is 1. The molecule has 1 fully saturated rings. The molecular formula is C17H25NO2. The summed E-state index contributed by atoms with van der Waals surface area (Å²) in [6.45, 7) is 2.56. The molecule has 1 aliphatic heterocycles. The normalized spacial score (nSPS) is 19.9. The standard InChI is InChI=1S/C17H25NO2/c1-20-14-6-5-12-18-13-11-16(9-10-17(18)19)15-7-3-2-4-8-15/h2-4,7-8,16H,5-6,9-14H2,1H3. The van der Waals surface area contributed by atoms with E-state index in [1.54, 1.807) is 7.11 Å². The number of unbranched alkanes of at least 4 members (excludes halogenated alkanes) is 1. The summed E-state index contributed by atoms with van der Waals surface area (Å²) in [5.74, 6) is 0.852. The van der Waals surface area contributed by atoms with Crippen molar-refractivity contribution in [3.8, 4) is 0 Å². The number of carbonyl (C=O) groups is 1. The van der Waals surface area contributed by atoms with Gasteiger partial charge in [-0.2, -0.15) is 0 Å². The fourth-order valence-electron chi connectivity index (χ4n) is 2.88. The monoisotopic (exact) mass is 275 g/mol. The Bertz CT molecular complexity index is 405. The summed E-state index contributed by atoms with van der Waals surface area (Å²) in [4.78, 5) is 14.2. The van der Waals surface area contributed by atoms with Crippen LogP contribution in [0.25, 0.3) is 0 Å². The van der Waals surface area contributed by atoms with Crippen LogP contribution in [0.3, 0.4) is 0 Å². The Morgan fingerprint density at radius 2 is 2.00 bits per heavy atom. The van der Waals surface area contributed by atoms with Gasteiger partial charge in [0.2, 0.25) is 5.91 Å². The van der Waals surface area contributed by atoms with Crippen molar-refractivity contribution >= 4 is 5.91 Å². The second-order valence-corrected chi connectivity index (χ2v) is 5.52. The largest absolute Gasteiger partial charge is 0.385 e. The van der Waals surface area contributed by atoms with E-state index in [1.165, 1.54) is 5.56 Å². The summed E-state index contributed by atoms with van der Waals surface area (Å²) >= 11 is 0. The van der Waals surface area contributed by atoms with E-state index in [4.69, 9.17) is 4.74 Å². The number of rotatable bonds is 6. The first-order valence-corrected chi connectivity index (χ1v) is 7.63. The molecule has 0 aromatic heterocycles. The molecule has 1 aromatic rings. The van der Waals surface area contributed by atoms with E-state index >= 15 is 0 Å². The second-order valence-electron chi connectivity index (χ2n) is 5.52. The molecule has 0 radical (unpaired) electrons. The zero-order valence-electron chi connectivity index (χ0n) is 12.4. The van der Waals surface area contributed by atoms with Crippen LogP contribution in [0.1, 0.15) is 43.6 Å². The molecule has 1 heterocycles. The van der Waals surface area contributed by atoms with Crippen molar-refractivity contribution in [3.63, 3.8) is 0 Å². The van der Waals surface area contributed by atoms with Gasteiger partial charge in [-0.15, -0.1) is 0 Å². The number of likely N-dealkylation sites (tertiary alicyclic amines) is 1. The van der Waals surface area contributed by atoms with Crippen molar-refractivity contribution in [1.82, 2.24) is 4.90 Å². The van der Waals surface area contributed by atoms with Gasteiger partial charge in [-0.25, -0.2) is 0 Å². The van der Waals surface area contributed by atoms with E-state index < -0.39 is 0 Å². The van der Waals surface area contributed by atoms with Crippen molar-refractivity contribution in [1.29, 1.82) is 0 Å². The Balaban J connectivity index is 1.85. The van der Waals surface area contributed by atoms with Crippen LogP contribution in [0.15, 0.2) is 30.3 Å².